The van der Waals surface area contributed by atoms with Gasteiger partial charge in [-0.25, -0.2) is 15.0 Å². The van der Waals surface area contributed by atoms with Gasteiger partial charge in [-0.1, -0.05) is 35.9 Å². The molecule has 8 nitrogen and oxygen atoms in total. The largest absolute Gasteiger partial charge is 0.379 e. The third kappa shape index (κ3) is 5.12. The summed E-state index contributed by atoms with van der Waals surface area (Å²) in [6.45, 7) is 11.2. The van der Waals surface area contributed by atoms with Gasteiger partial charge in [0.2, 0.25) is 0 Å². The number of pyridine rings is 1. The molecule has 1 aromatic carbocycles. The number of aryl methyl sites for hydroxylation is 1. The first kappa shape index (κ1) is 23.8. The van der Waals surface area contributed by atoms with E-state index < -0.39 is 0 Å². The van der Waals surface area contributed by atoms with Crippen LogP contribution >= 0.6 is 22.9 Å². The minimum Gasteiger partial charge on any atom is -0.379 e. The molecule has 1 N–H and O–H groups in total. The second-order valence-electron chi connectivity index (χ2n) is 9.45. The molecule has 2 fully saturated rings. The van der Waals surface area contributed by atoms with E-state index >= 15 is 0 Å². The number of ether oxygens (including phenoxy) is 1. The number of piperazine rings is 1. The molecule has 188 valence electrons. The van der Waals surface area contributed by atoms with Crippen molar-refractivity contribution in [2.45, 2.75) is 20.0 Å². The Labute approximate surface area is 219 Å². The highest BCUT2D eigenvalue weighted by Gasteiger charge is 2.23. The molecule has 2 aliphatic heterocycles. The molecule has 0 aliphatic carbocycles. The lowest BCUT2D eigenvalue weighted by Crippen LogP contribution is -2.46. The number of fused-ring (bicyclic) bond motifs is 1. The predicted octanol–water partition coefficient (Wildman–Crippen LogP) is 4.20. The molecule has 36 heavy (non-hydrogen) atoms. The Hall–Kier alpha value is -2.56. The fourth-order valence-corrected chi connectivity index (χ4v) is 5.86. The monoisotopic (exact) mass is 523 g/mol. The molecule has 0 saturated carbocycles. The summed E-state index contributed by atoms with van der Waals surface area (Å²) in [5.41, 5.74) is 6.09. The molecular weight excluding hydrogens is 494 g/mol. The number of nitrogens with zero attached hydrogens (tertiary/aromatic N) is 6. The zero-order valence-corrected chi connectivity index (χ0v) is 22.0. The first-order valence-corrected chi connectivity index (χ1v) is 13.7. The fraction of sp³-hybridized carbons (Fsp3) is 0.423. The van der Waals surface area contributed by atoms with Gasteiger partial charge >= 0.3 is 0 Å². The highest BCUT2D eigenvalue weighted by Crippen LogP contribution is 2.34. The van der Waals surface area contributed by atoms with E-state index in [0.29, 0.717) is 10.7 Å². The number of halogens is 1. The third-order valence-corrected chi connectivity index (χ3v) is 8.02. The van der Waals surface area contributed by atoms with Crippen LogP contribution < -0.4 is 4.90 Å². The van der Waals surface area contributed by atoms with Gasteiger partial charge in [0.15, 0.2) is 5.65 Å². The van der Waals surface area contributed by atoms with E-state index in [1.54, 1.807) is 17.5 Å². The number of aromatic nitrogens is 4. The summed E-state index contributed by atoms with van der Waals surface area (Å²) in [7, 11) is 0. The van der Waals surface area contributed by atoms with Gasteiger partial charge in [-0.15, -0.1) is 11.3 Å². The minimum absolute atomic E-state index is 0.655. The molecule has 0 radical (unpaired) electrons. The van der Waals surface area contributed by atoms with Crippen molar-refractivity contribution in [3.05, 3.63) is 57.1 Å². The number of aromatic amines is 1. The quantitative estimate of drug-likeness (QED) is 0.406. The van der Waals surface area contributed by atoms with Gasteiger partial charge in [-0.05, 0) is 12.5 Å². The summed E-state index contributed by atoms with van der Waals surface area (Å²) < 4.78 is 5.46. The van der Waals surface area contributed by atoms with E-state index in [9.17, 15) is 0 Å². The van der Waals surface area contributed by atoms with Crippen LogP contribution in [0.1, 0.15) is 16.3 Å². The van der Waals surface area contributed by atoms with E-state index in [1.165, 1.54) is 5.56 Å². The van der Waals surface area contributed by atoms with E-state index in [2.05, 4.69) is 66.2 Å². The molecule has 6 rings (SSSR count). The Bertz CT molecular complexity index is 1320. The Balaban J connectivity index is 1.18. The highest BCUT2D eigenvalue weighted by atomic mass is 35.5. The van der Waals surface area contributed by atoms with Crippen LogP contribution in [0, 0.1) is 6.92 Å². The van der Waals surface area contributed by atoms with Gasteiger partial charge in [-0.2, -0.15) is 0 Å². The van der Waals surface area contributed by atoms with E-state index in [1.807, 2.05) is 0 Å². The number of benzene rings is 1. The van der Waals surface area contributed by atoms with Crippen LogP contribution in [0.2, 0.25) is 5.02 Å². The van der Waals surface area contributed by atoms with Crippen LogP contribution in [-0.4, -0.2) is 82.2 Å². The van der Waals surface area contributed by atoms with Crippen LogP contribution in [0.15, 0.2) is 35.8 Å². The summed E-state index contributed by atoms with van der Waals surface area (Å²) in [6, 6.07) is 8.63. The van der Waals surface area contributed by atoms with E-state index in [4.69, 9.17) is 21.3 Å². The van der Waals surface area contributed by atoms with Gasteiger partial charge in [0.05, 0.1) is 40.8 Å². The molecule has 0 bridgehead atoms. The molecule has 0 amide bonds. The maximum atomic E-state index is 6.69. The van der Waals surface area contributed by atoms with E-state index in [0.717, 1.165) is 98.9 Å². The van der Waals surface area contributed by atoms with Crippen LogP contribution in [0.25, 0.3) is 22.6 Å². The van der Waals surface area contributed by atoms with Crippen molar-refractivity contribution in [1.29, 1.82) is 0 Å². The van der Waals surface area contributed by atoms with Crippen LogP contribution in [0.4, 0.5) is 5.69 Å². The average Bonchev–Trinajstić information content (AvgIpc) is 3.52. The smallest absolute Gasteiger partial charge is 0.180 e. The molecule has 0 unspecified atom stereocenters. The Kier molecular flexibility index (Phi) is 6.90. The first-order chi connectivity index (χ1) is 17.6. The van der Waals surface area contributed by atoms with Crippen molar-refractivity contribution in [1.82, 2.24) is 29.7 Å². The molecule has 10 heteroatoms. The highest BCUT2D eigenvalue weighted by molar-refractivity contribution is 7.09. The lowest BCUT2D eigenvalue weighted by Gasteiger charge is -2.36. The number of thiazole rings is 1. The number of morpholine rings is 1. The summed E-state index contributed by atoms with van der Waals surface area (Å²) >= 11 is 8.40. The minimum atomic E-state index is 0.655. The van der Waals surface area contributed by atoms with Gasteiger partial charge in [-0.3, -0.25) is 9.80 Å². The lowest BCUT2D eigenvalue weighted by molar-refractivity contribution is 0.0342. The van der Waals surface area contributed by atoms with Gasteiger partial charge in [0.25, 0.3) is 0 Å². The molecule has 0 spiro atoms. The molecule has 3 aromatic heterocycles. The van der Waals surface area contributed by atoms with Gasteiger partial charge in [0, 0.05) is 63.3 Å². The molecule has 5 heterocycles. The average molecular weight is 524 g/mol. The second-order valence-corrected chi connectivity index (χ2v) is 10.9. The Morgan fingerprint density at radius 3 is 2.44 bits per heavy atom. The SMILES string of the molecule is Cc1nc(CN2CCN(c3c(Cl)cnc4nc(-c5ccc(CN6CCOCC6)cc5)[nH]c34)CC2)cs1. The topological polar surface area (TPSA) is 73.4 Å². The van der Waals surface area contributed by atoms with Crippen LogP contribution in [-0.2, 0) is 17.8 Å². The van der Waals surface area contributed by atoms with E-state index in [-0.39, 0.29) is 0 Å². The summed E-state index contributed by atoms with van der Waals surface area (Å²) in [5, 5.41) is 3.94. The van der Waals surface area contributed by atoms with Gasteiger partial charge < -0.3 is 14.6 Å². The van der Waals surface area contributed by atoms with Gasteiger partial charge in [0.1, 0.15) is 11.3 Å². The molecule has 2 aliphatic rings. The Morgan fingerprint density at radius 2 is 1.72 bits per heavy atom. The van der Waals surface area contributed by atoms with Crippen molar-refractivity contribution < 1.29 is 4.74 Å². The third-order valence-electron chi connectivity index (χ3n) is 6.93. The van der Waals surface area contributed by atoms with Crippen molar-refractivity contribution in [2.24, 2.45) is 0 Å². The molecule has 4 aromatic rings. The number of rotatable bonds is 6. The maximum Gasteiger partial charge on any atom is 0.180 e. The number of hydrogen-bond acceptors (Lipinski definition) is 8. The normalized spacial score (nSPS) is 17.8. The number of hydrogen-bond donors (Lipinski definition) is 1. The first-order valence-electron chi connectivity index (χ1n) is 12.4. The van der Waals surface area contributed by atoms with Crippen molar-refractivity contribution in [3.63, 3.8) is 0 Å². The number of anilines is 1. The summed E-state index contributed by atoms with van der Waals surface area (Å²) in [5.74, 6) is 0.816. The maximum absolute atomic E-state index is 6.69. The van der Waals surface area contributed by atoms with Crippen molar-refractivity contribution in [2.75, 3.05) is 57.4 Å². The van der Waals surface area contributed by atoms with Crippen molar-refractivity contribution in [3.8, 4) is 11.4 Å². The summed E-state index contributed by atoms with van der Waals surface area (Å²) in [4.78, 5) is 24.7. The lowest BCUT2D eigenvalue weighted by atomic mass is 10.1. The number of imidazole rings is 1. The molecular formula is C26H30ClN7OS. The summed E-state index contributed by atoms with van der Waals surface area (Å²) in [6.07, 6.45) is 1.72. The second kappa shape index (κ2) is 10.4. The zero-order valence-electron chi connectivity index (χ0n) is 20.4. The Morgan fingerprint density at radius 1 is 0.972 bits per heavy atom. The zero-order chi connectivity index (χ0) is 24.5. The predicted molar refractivity (Wildman–Crippen MR) is 145 cm³/mol. The molecule has 0 atom stereocenters. The fourth-order valence-electron chi connectivity index (χ4n) is 4.99. The van der Waals surface area contributed by atoms with Crippen LogP contribution in [0.5, 0.6) is 0 Å². The van der Waals surface area contributed by atoms with Crippen LogP contribution in [0.3, 0.4) is 0 Å². The standard InChI is InChI=1S/C26H30ClN7OS/c1-18-29-21(17-36-18)16-32-6-8-34(9-7-32)24-22(27)14-28-26-23(24)30-25(31-26)20-4-2-19(3-5-20)15-33-10-12-35-13-11-33/h2-5,14,17H,6-13,15-16H2,1H3,(H,28,30,31). The number of H-pyrrole nitrogens is 1. The van der Waals surface area contributed by atoms with Crippen molar-refractivity contribution >= 4 is 39.8 Å². The molecule has 2 saturated heterocycles. The number of nitrogens with one attached hydrogen (secondary N) is 1.